The molecule has 3 nitrogen and oxygen atoms in total. The number of nitrogens with zero attached hydrogens (tertiary/aromatic N) is 1. The summed E-state index contributed by atoms with van der Waals surface area (Å²) in [6.45, 7) is 4.46. The Morgan fingerprint density at radius 3 is 2.56 bits per heavy atom. The minimum absolute atomic E-state index is 0.0265. The zero-order chi connectivity index (χ0) is 11.7. The Morgan fingerprint density at radius 2 is 2.00 bits per heavy atom. The molecule has 1 aliphatic rings. The minimum atomic E-state index is -0.320. The molecule has 84 valence electrons. The third kappa shape index (κ3) is 1.62. The van der Waals surface area contributed by atoms with E-state index in [9.17, 15) is 9.59 Å². The summed E-state index contributed by atoms with van der Waals surface area (Å²) in [7, 11) is 0. The van der Waals surface area contributed by atoms with Crippen molar-refractivity contribution in [2.75, 3.05) is 0 Å². The Kier molecular flexibility index (Phi) is 2.77. The molecule has 0 N–H and O–H groups in total. The van der Waals surface area contributed by atoms with Gasteiger partial charge in [-0.3, -0.25) is 4.79 Å². The Balaban J connectivity index is 2.31. The van der Waals surface area contributed by atoms with Gasteiger partial charge in [-0.15, -0.1) is 0 Å². The van der Waals surface area contributed by atoms with E-state index in [2.05, 4.69) is 0 Å². The fourth-order valence-corrected chi connectivity index (χ4v) is 2.11. The topological polar surface area (TPSA) is 37.4 Å². The van der Waals surface area contributed by atoms with E-state index >= 15 is 0 Å². The first kappa shape index (κ1) is 10.9. The molecule has 0 bridgehead atoms. The Morgan fingerprint density at radius 1 is 1.31 bits per heavy atom. The van der Waals surface area contributed by atoms with Crippen LogP contribution in [0.5, 0.6) is 0 Å². The summed E-state index contributed by atoms with van der Waals surface area (Å²) in [6, 6.07) is 7.21. The molecule has 0 saturated carbocycles. The smallest absolute Gasteiger partial charge is 0.255 e. The maximum atomic E-state index is 12.1. The van der Waals surface area contributed by atoms with Gasteiger partial charge >= 0.3 is 0 Å². The molecule has 1 amide bonds. The highest BCUT2D eigenvalue weighted by Crippen LogP contribution is 2.25. The average Bonchev–Trinajstić information content (AvgIpc) is 2.58. The fourth-order valence-electron chi connectivity index (χ4n) is 2.11. The monoisotopic (exact) mass is 217 g/mol. The minimum Gasteiger partial charge on any atom is -0.324 e. The second kappa shape index (κ2) is 4.08. The molecule has 1 aromatic carbocycles. The lowest BCUT2D eigenvalue weighted by atomic mass is 10.0. The van der Waals surface area contributed by atoms with Crippen LogP contribution in [-0.4, -0.2) is 23.1 Å². The van der Waals surface area contributed by atoms with Gasteiger partial charge < -0.3 is 9.69 Å². The summed E-state index contributed by atoms with van der Waals surface area (Å²) in [5, 5.41) is 0. The van der Waals surface area contributed by atoms with Gasteiger partial charge in [0.15, 0.2) is 0 Å². The SMILES string of the molecule is CC(C)C(C=O)N1Cc2ccccc2C1=O. The second-order valence-electron chi connectivity index (χ2n) is 4.46. The number of benzene rings is 1. The van der Waals surface area contributed by atoms with Crippen molar-refractivity contribution < 1.29 is 9.59 Å². The van der Waals surface area contributed by atoms with E-state index in [-0.39, 0.29) is 17.9 Å². The number of fused-ring (bicyclic) bond motifs is 1. The quantitative estimate of drug-likeness (QED) is 0.725. The highest BCUT2D eigenvalue weighted by atomic mass is 16.2. The van der Waals surface area contributed by atoms with Crippen molar-refractivity contribution in [3.63, 3.8) is 0 Å². The van der Waals surface area contributed by atoms with Crippen molar-refractivity contribution in [1.29, 1.82) is 0 Å². The number of amides is 1. The molecule has 3 heteroatoms. The lowest BCUT2D eigenvalue weighted by Crippen LogP contribution is -2.40. The summed E-state index contributed by atoms with van der Waals surface area (Å²) in [5.74, 6) is 0.122. The predicted octanol–water partition coefficient (Wildman–Crippen LogP) is 1.87. The first-order valence-electron chi connectivity index (χ1n) is 5.49. The molecule has 0 aromatic heterocycles. The number of aldehydes is 1. The zero-order valence-corrected chi connectivity index (χ0v) is 9.51. The van der Waals surface area contributed by atoms with Crippen molar-refractivity contribution in [2.24, 2.45) is 5.92 Å². The molecule has 1 atom stereocenters. The van der Waals surface area contributed by atoms with E-state index in [1.54, 1.807) is 4.90 Å². The zero-order valence-electron chi connectivity index (χ0n) is 9.51. The van der Waals surface area contributed by atoms with Crippen molar-refractivity contribution in [3.05, 3.63) is 35.4 Å². The van der Waals surface area contributed by atoms with E-state index in [1.165, 1.54) is 0 Å². The lowest BCUT2D eigenvalue weighted by Gasteiger charge is -2.25. The molecular weight excluding hydrogens is 202 g/mol. The predicted molar refractivity (Wildman–Crippen MR) is 61.0 cm³/mol. The molecule has 0 fully saturated rings. The highest BCUT2D eigenvalue weighted by Gasteiger charge is 2.33. The summed E-state index contributed by atoms with van der Waals surface area (Å²) in [5.41, 5.74) is 1.75. The van der Waals surface area contributed by atoms with Crippen molar-refractivity contribution in [3.8, 4) is 0 Å². The standard InChI is InChI=1S/C13H15NO2/c1-9(2)12(8-15)14-7-10-5-3-4-6-11(10)13(14)16/h3-6,8-9,12H,7H2,1-2H3. The molecule has 1 heterocycles. The van der Waals surface area contributed by atoms with Gasteiger partial charge in [0.05, 0.1) is 6.04 Å². The van der Waals surface area contributed by atoms with Gasteiger partial charge in [-0.1, -0.05) is 32.0 Å². The molecule has 0 radical (unpaired) electrons. The molecule has 1 aromatic rings. The first-order chi connectivity index (χ1) is 7.65. The molecule has 0 spiro atoms. The van der Waals surface area contributed by atoms with Gasteiger partial charge in [-0.2, -0.15) is 0 Å². The normalized spacial score (nSPS) is 16.4. The third-order valence-corrected chi connectivity index (χ3v) is 3.03. The molecular formula is C13H15NO2. The molecule has 1 unspecified atom stereocenters. The number of carbonyl (C=O) groups is 2. The van der Waals surface area contributed by atoms with E-state index < -0.39 is 0 Å². The summed E-state index contributed by atoms with van der Waals surface area (Å²) in [4.78, 5) is 24.8. The van der Waals surface area contributed by atoms with Crippen LogP contribution >= 0.6 is 0 Å². The van der Waals surface area contributed by atoms with Crippen LogP contribution in [0.2, 0.25) is 0 Å². The third-order valence-electron chi connectivity index (χ3n) is 3.03. The molecule has 1 aliphatic heterocycles. The van der Waals surface area contributed by atoms with Gasteiger partial charge in [-0.05, 0) is 17.5 Å². The van der Waals surface area contributed by atoms with Gasteiger partial charge in [0, 0.05) is 12.1 Å². The van der Waals surface area contributed by atoms with Gasteiger partial charge in [0.1, 0.15) is 6.29 Å². The van der Waals surface area contributed by atoms with Crippen LogP contribution < -0.4 is 0 Å². The summed E-state index contributed by atoms with van der Waals surface area (Å²) < 4.78 is 0. The number of hydrogen-bond donors (Lipinski definition) is 0. The van der Waals surface area contributed by atoms with E-state index in [0.717, 1.165) is 17.4 Å². The van der Waals surface area contributed by atoms with Crippen molar-refractivity contribution in [1.82, 2.24) is 4.90 Å². The van der Waals surface area contributed by atoms with Crippen LogP contribution in [0, 0.1) is 5.92 Å². The van der Waals surface area contributed by atoms with Crippen LogP contribution in [0.1, 0.15) is 29.8 Å². The fraction of sp³-hybridized carbons (Fsp3) is 0.385. The summed E-state index contributed by atoms with van der Waals surface area (Å²) in [6.07, 6.45) is 0.869. The van der Waals surface area contributed by atoms with Crippen LogP contribution in [0.3, 0.4) is 0 Å². The largest absolute Gasteiger partial charge is 0.324 e. The Hall–Kier alpha value is -1.64. The van der Waals surface area contributed by atoms with Crippen molar-refractivity contribution >= 4 is 12.2 Å². The van der Waals surface area contributed by atoms with E-state index in [0.29, 0.717) is 6.54 Å². The Bertz CT molecular complexity index is 426. The van der Waals surface area contributed by atoms with E-state index in [1.807, 2.05) is 38.1 Å². The van der Waals surface area contributed by atoms with Gasteiger partial charge in [0.2, 0.25) is 0 Å². The lowest BCUT2D eigenvalue weighted by molar-refractivity contribution is -0.113. The summed E-state index contributed by atoms with van der Waals surface area (Å²) >= 11 is 0. The highest BCUT2D eigenvalue weighted by molar-refractivity contribution is 5.99. The van der Waals surface area contributed by atoms with E-state index in [4.69, 9.17) is 0 Å². The maximum Gasteiger partial charge on any atom is 0.255 e. The average molecular weight is 217 g/mol. The van der Waals surface area contributed by atoms with Gasteiger partial charge in [-0.25, -0.2) is 0 Å². The molecule has 0 saturated heterocycles. The number of hydrogen-bond acceptors (Lipinski definition) is 2. The first-order valence-corrected chi connectivity index (χ1v) is 5.49. The Labute approximate surface area is 95.1 Å². The molecule has 2 rings (SSSR count). The second-order valence-corrected chi connectivity index (χ2v) is 4.46. The van der Waals surface area contributed by atoms with Gasteiger partial charge in [0.25, 0.3) is 5.91 Å². The maximum absolute atomic E-state index is 12.1. The number of carbonyl (C=O) groups excluding carboxylic acids is 2. The van der Waals surface area contributed by atoms with Crippen LogP contribution in [0.25, 0.3) is 0 Å². The van der Waals surface area contributed by atoms with Crippen LogP contribution in [0.4, 0.5) is 0 Å². The van der Waals surface area contributed by atoms with Crippen LogP contribution in [-0.2, 0) is 11.3 Å². The van der Waals surface area contributed by atoms with Crippen LogP contribution in [0.15, 0.2) is 24.3 Å². The number of rotatable bonds is 3. The van der Waals surface area contributed by atoms with Crippen molar-refractivity contribution in [2.45, 2.75) is 26.4 Å². The molecule has 16 heavy (non-hydrogen) atoms. The molecule has 0 aliphatic carbocycles.